The molecule has 0 unspecified atom stereocenters. The second-order valence-corrected chi connectivity index (χ2v) is 4.08. The van der Waals surface area contributed by atoms with E-state index in [2.05, 4.69) is 45.1 Å². The van der Waals surface area contributed by atoms with Crippen molar-refractivity contribution >= 4 is 17.0 Å². The molecular weight excluding hydrogens is 216 g/mol. The number of aryl methyl sites for hydroxylation is 2. The summed E-state index contributed by atoms with van der Waals surface area (Å²) in [6.45, 7) is 4.14. The lowest BCUT2D eigenvalue weighted by Crippen LogP contribution is -1.86. The van der Waals surface area contributed by atoms with Crippen LogP contribution in [0.1, 0.15) is 11.1 Å². The predicted octanol–water partition coefficient (Wildman–Crippen LogP) is 1.55. The summed E-state index contributed by atoms with van der Waals surface area (Å²) in [5.74, 6) is 1.41. The van der Waals surface area contributed by atoms with E-state index >= 15 is 0 Å². The van der Waals surface area contributed by atoms with Gasteiger partial charge in [-0.2, -0.15) is 4.98 Å². The van der Waals surface area contributed by atoms with Gasteiger partial charge >= 0.3 is 0 Å². The largest absolute Gasteiger partial charge is 0.366 e. The molecule has 0 saturated heterocycles. The van der Waals surface area contributed by atoms with Gasteiger partial charge < -0.3 is 10.7 Å². The number of fused-ring (bicyclic) bond motifs is 1. The molecule has 6 heteroatoms. The minimum Gasteiger partial charge on any atom is -0.366 e. The number of anilines is 1. The van der Waals surface area contributed by atoms with Crippen molar-refractivity contribution in [2.24, 2.45) is 0 Å². The van der Waals surface area contributed by atoms with Crippen LogP contribution in [0.15, 0.2) is 12.1 Å². The number of aromatic amines is 2. The molecule has 0 saturated carbocycles. The highest BCUT2D eigenvalue weighted by Gasteiger charge is 2.09. The van der Waals surface area contributed by atoms with Crippen LogP contribution in [0, 0.1) is 13.8 Å². The van der Waals surface area contributed by atoms with Crippen molar-refractivity contribution in [3.63, 3.8) is 0 Å². The highest BCUT2D eigenvalue weighted by Crippen LogP contribution is 2.20. The average Bonchev–Trinajstić information content (AvgIpc) is 2.85. The summed E-state index contributed by atoms with van der Waals surface area (Å²) in [4.78, 5) is 11.7. The van der Waals surface area contributed by atoms with E-state index in [1.165, 1.54) is 11.1 Å². The minimum absolute atomic E-state index is 0.216. The Morgan fingerprint density at radius 3 is 2.53 bits per heavy atom. The maximum atomic E-state index is 5.46. The van der Waals surface area contributed by atoms with E-state index in [0.717, 1.165) is 11.0 Å². The van der Waals surface area contributed by atoms with Gasteiger partial charge in [0.2, 0.25) is 5.95 Å². The van der Waals surface area contributed by atoms with Crippen LogP contribution >= 0.6 is 0 Å². The van der Waals surface area contributed by atoms with Gasteiger partial charge in [0.05, 0.1) is 11.0 Å². The van der Waals surface area contributed by atoms with Crippen molar-refractivity contribution in [1.29, 1.82) is 0 Å². The summed E-state index contributed by atoms with van der Waals surface area (Å²) < 4.78 is 0. The molecule has 6 nitrogen and oxygen atoms in total. The predicted molar refractivity (Wildman–Crippen MR) is 65.4 cm³/mol. The standard InChI is InChI=1S/C11H12N6/c1-5-3-7-8(4-6(5)2)14-9(13-7)10-15-11(12)17-16-10/h3-4H,1-2H3,(H,13,14)(H3,12,15,16,17). The van der Waals surface area contributed by atoms with Gasteiger partial charge in [0, 0.05) is 0 Å². The van der Waals surface area contributed by atoms with Crippen LogP contribution in [-0.2, 0) is 0 Å². The van der Waals surface area contributed by atoms with E-state index in [1.807, 2.05) is 6.07 Å². The quantitative estimate of drug-likeness (QED) is 0.588. The number of nitrogens with zero attached hydrogens (tertiary/aromatic N) is 3. The Morgan fingerprint density at radius 1 is 1.06 bits per heavy atom. The number of benzene rings is 1. The molecule has 0 spiro atoms. The van der Waals surface area contributed by atoms with Crippen molar-refractivity contribution in [1.82, 2.24) is 25.1 Å². The summed E-state index contributed by atoms with van der Waals surface area (Å²) in [5, 5.41) is 6.51. The Labute approximate surface area is 97.3 Å². The third-order valence-electron chi connectivity index (χ3n) is 2.82. The summed E-state index contributed by atoms with van der Waals surface area (Å²) >= 11 is 0. The van der Waals surface area contributed by atoms with Crippen LogP contribution in [0.3, 0.4) is 0 Å². The van der Waals surface area contributed by atoms with Crippen molar-refractivity contribution in [3.8, 4) is 11.6 Å². The molecule has 3 aromatic rings. The zero-order chi connectivity index (χ0) is 12.0. The number of rotatable bonds is 1. The highest BCUT2D eigenvalue weighted by molar-refractivity contribution is 5.80. The van der Waals surface area contributed by atoms with Gasteiger partial charge in [-0.15, -0.1) is 5.10 Å². The van der Waals surface area contributed by atoms with Gasteiger partial charge in [-0.05, 0) is 37.1 Å². The number of nitrogen functional groups attached to an aromatic ring is 1. The van der Waals surface area contributed by atoms with Crippen LogP contribution in [0.25, 0.3) is 22.7 Å². The number of imidazole rings is 1. The molecule has 17 heavy (non-hydrogen) atoms. The molecule has 0 amide bonds. The Bertz CT molecular complexity index is 654. The lowest BCUT2D eigenvalue weighted by molar-refractivity contribution is 1.09. The van der Waals surface area contributed by atoms with Crippen molar-refractivity contribution in [2.45, 2.75) is 13.8 Å². The summed E-state index contributed by atoms with van der Waals surface area (Å²) in [6.07, 6.45) is 0. The highest BCUT2D eigenvalue weighted by atomic mass is 15.3. The first kappa shape index (κ1) is 9.83. The maximum absolute atomic E-state index is 5.46. The third kappa shape index (κ3) is 1.54. The molecule has 86 valence electrons. The van der Waals surface area contributed by atoms with Crippen LogP contribution < -0.4 is 5.73 Å². The fraction of sp³-hybridized carbons (Fsp3) is 0.182. The van der Waals surface area contributed by atoms with Crippen LogP contribution in [0.4, 0.5) is 5.95 Å². The van der Waals surface area contributed by atoms with Gasteiger partial charge in [-0.3, -0.25) is 5.10 Å². The smallest absolute Gasteiger partial charge is 0.239 e. The fourth-order valence-corrected chi connectivity index (χ4v) is 1.76. The SMILES string of the molecule is Cc1cc2nc(-c3nc(N)n[nH]3)[nH]c2cc1C. The zero-order valence-electron chi connectivity index (χ0n) is 9.57. The Balaban J connectivity index is 2.19. The van der Waals surface area contributed by atoms with Gasteiger partial charge in [0.25, 0.3) is 0 Å². The van der Waals surface area contributed by atoms with E-state index in [-0.39, 0.29) is 5.95 Å². The molecule has 0 bridgehead atoms. The number of aromatic nitrogens is 5. The molecule has 0 atom stereocenters. The van der Waals surface area contributed by atoms with E-state index in [0.29, 0.717) is 11.6 Å². The number of nitrogens with two attached hydrogens (primary N) is 1. The fourth-order valence-electron chi connectivity index (χ4n) is 1.76. The first-order valence-electron chi connectivity index (χ1n) is 5.29. The summed E-state index contributed by atoms with van der Waals surface area (Å²) in [5.41, 5.74) is 9.80. The molecule has 4 N–H and O–H groups in total. The van der Waals surface area contributed by atoms with Gasteiger partial charge in [0.1, 0.15) is 0 Å². The van der Waals surface area contributed by atoms with E-state index in [4.69, 9.17) is 5.73 Å². The normalized spacial score (nSPS) is 11.2. The Kier molecular flexibility index (Phi) is 1.91. The number of hydrogen-bond acceptors (Lipinski definition) is 4. The molecule has 0 aliphatic carbocycles. The van der Waals surface area contributed by atoms with E-state index in [1.54, 1.807) is 0 Å². The maximum Gasteiger partial charge on any atom is 0.239 e. The molecule has 0 radical (unpaired) electrons. The molecule has 3 rings (SSSR count). The van der Waals surface area contributed by atoms with Crippen molar-refractivity contribution in [3.05, 3.63) is 23.3 Å². The molecule has 2 heterocycles. The molecular formula is C11H12N6. The topological polar surface area (TPSA) is 96.3 Å². The van der Waals surface area contributed by atoms with Gasteiger partial charge in [-0.25, -0.2) is 4.98 Å². The molecule has 0 fully saturated rings. The lowest BCUT2D eigenvalue weighted by atomic mass is 10.1. The second-order valence-electron chi connectivity index (χ2n) is 4.08. The minimum atomic E-state index is 0.216. The van der Waals surface area contributed by atoms with Gasteiger partial charge in [0.15, 0.2) is 11.6 Å². The zero-order valence-corrected chi connectivity index (χ0v) is 9.57. The van der Waals surface area contributed by atoms with E-state index in [9.17, 15) is 0 Å². The van der Waals surface area contributed by atoms with Crippen LogP contribution in [0.5, 0.6) is 0 Å². The van der Waals surface area contributed by atoms with Crippen molar-refractivity contribution < 1.29 is 0 Å². The summed E-state index contributed by atoms with van der Waals surface area (Å²) in [7, 11) is 0. The average molecular weight is 228 g/mol. The van der Waals surface area contributed by atoms with Crippen LogP contribution in [-0.4, -0.2) is 25.1 Å². The number of hydrogen-bond donors (Lipinski definition) is 3. The Hall–Kier alpha value is -2.37. The van der Waals surface area contributed by atoms with Crippen molar-refractivity contribution in [2.75, 3.05) is 5.73 Å². The lowest BCUT2D eigenvalue weighted by Gasteiger charge is -1.97. The number of H-pyrrole nitrogens is 2. The second kappa shape index (κ2) is 3.31. The molecule has 0 aliphatic heterocycles. The first-order valence-corrected chi connectivity index (χ1v) is 5.29. The molecule has 1 aromatic carbocycles. The van der Waals surface area contributed by atoms with Gasteiger partial charge in [-0.1, -0.05) is 0 Å². The Morgan fingerprint density at radius 2 is 1.82 bits per heavy atom. The third-order valence-corrected chi connectivity index (χ3v) is 2.82. The number of nitrogens with one attached hydrogen (secondary N) is 2. The molecule has 2 aromatic heterocycles. The first-order chi connectivity index (χ1) is 8.13. The monoisotopic (exact) mass is 228 g/mol. The van der Waals surface area contributed by atoms with E-state index < -0.39 is 0 Å². The molecule has 0 aliphatic rings. The van der Waals surface area contributed by atoms with Crippen LogP contribution in [0.2, 0.25) is 0 Å². The summed E-state index contributed by atoms with van der Waals surface area (Å²) in [6, 6.07) is 4.12.